The number of piperidine rings is 1. The lowest BCUT2D eigenvalue weighted by atomic mass is 10.1. The van der Waals surface area contributed by atoms with E-state index in [9.17, 15) is 9.59 Å². The largest absolute Gasteiger partial charge is 0.341 e. The molecule has 0 saturated carbocycles. The second-order valence-corrected chi connectivity index (χ2v) is 5.40. The summed E-state index contributed by atoms with van der Waals surface area (Å²) in [7, 11) is 0. The van der Waals surface area contributed by atoms with Crippen molar-refractivity contribution in [1.82, 2.24) is 10.2 Å². The molecular formula is C16H20N4O2. The summed E-state index contributed by atoms with van der Waals surface area (Å²) < 4.78 is 0. The first-order chi connectivity index (χ1) is 10.6. The molecule has 116 valence electrons. The maximum Gasteiger partial charge on any atom is 0.319 e. The molecule has 1 atom stereocenters. The lowest BCUT2D eigenvalue weighted by Crippen LogP contribution is -2.49. The Labute approximate surface area is 130 Å². The van der Waals surface area contributed by atoms with Crippen LogP contribution in [0.2, 0.25) is 0 Å². The number of urea groups is 1. The molecule has 1 heterocycles. The van der Waals surface area contributed by atoms with E-state index >= 15 is 0 Å². The van der Waals surface area contributed by atoms with Crippen LogP contribution in [0.1, 0.15) is 31.7 Å². The van der Waals surface area contributed by atoms with Crippen molar-refractivity contribution in [2.75, 3.05) is 18.4 Å². The van der Waals surface area contributed by atoms with E-state index in [0.29, 0.717) is 11.3 Å². The van der Waals surface area contributed by atoms with E-state index < -0.39 is 12.1 Å². The Morgan fingerprint density at radius 3 is 2.68 bits per heavy atom. The van der Waals surface area contributed by atoms with Crippen LogP contribution < -0.4 is 10.6 Å². The van der Waals surface area contributed by atoms with Gasteiger partial charge in [0, 0.05) is 18.8 Å². The fraction of sp³-hybridized carbons (Fsp3) is 0.438. The first-order valence-electron chi connectivity index (χ1n) is 7.46. The van der Waals surface area contributed by atoms with Gasteiger partial charge in [0.25, 0.3) is 0 Å². The Morgan fingerprint density at radius 1 is 1.27 bits per heavy atom. The third-order valence-corrected chi connectivity index (χ3v) is 3.64. The number of benzene rings is 1. The van der Waals surface area contributed by atoms with Gasteiger partial charge >= 0.3 is 6.03 Å². The van der Waals surface area contributed by atoms with Crippen molar-refractivity contribution in [3.63, 3.8) is 0 Å². The predicted octanol–water partition coefficient (Wildman–Crippen LogP) is 2.08. The van der Waals surface area contributed by atoms with Gasteiger partial charge in [-0.1, -0.05) is 6.07 Å². The SMILES string of the molecule is C[C@@H](NC(=O)Nc1cccc(C#N)c1)C(=O)N1CCCCC1. The van der Waals surface area contributed by atoms with Crippen LogP contribution in [0.15, 0.2) is 24.3 Å². The highest BCUT2D eigenvalue weighted by molar-refractivity contribution is 5.93. The van der Waals surface area contributed by atoms with E-state index in [1.807, 2.05) is 6.07 Å². The minimum Gasteiger partial charge on any atom is -0.341 e. The van der Waals surface area contributed by atoms with Gasteiger partial charge < -0.3 is 15.5 Å². The van der Waals surface area contributed by atoms with Crippen LogP contribution in [0.3, 0.4) is 0 Å². The van der Waals surface area contributed by atoms with Crippen LogP contribution in [0.5, 0.6) is 0 Å². The average molecular weight is 300 g/mol. The number of anilines is 1. The first kappa shape index (κ1) is 15.8. The minimum absolute atomic E-state index is 0.0550. The quantitative estimate of drug-likeness (QED) is 0.896. The number of amides is 3. The molecule has 1 fully saturated rings. The van der Waals surface area contributed by atoms with Gasteiger partial charge in [0.15, 0.2) is 0 Å². The normalized spacial score (nSPS) is 15.5. The highest BCUT2D eigenvalue weighted by atomic mass is 16.2. The zero-order valence-electron chi connectivity index (χ0n) is 12.6. The molecule has 0 aromatic heterocycles. The summed E-state index contributed by atoms with van der Waals surface area (Å²) in [5.74, 6) is -0.0550. The van der Waals surface area contributed by atoms with Crippen LogP contribution in [0.4, 0.5) is 10.5 Å². The molecule has 2 N–H and O–H groups in total. The van der Waals surface area contributed by atoms with Crippen molar-refractivity contribution in [2.24, 2.45) is 0 Å². The third-order valence-electron chi connectivity index (χ3n) is 3.64. The molecular weight excluding hydrogens is 280 g/mol. The number of nitriles is 1. The fourth-order valence-electron chi connectivity index (χ4n) is 2.48. The van der Waals surface area contributed by atoms with Gasteiger partial charge in [-0.05, 0) is 44.4 Å². The molecule has 0 aliphatic carbocycles. The van der Waals surface area contributed by atoms with E-state index in [1.165, 1.54) is 0 Å². The summed E-state index contributed by atoms with van der Waals surface area (Å²) in [6, 6.07) is 7.61. The Bertz CT molecular complexity index is 588. The maximum absolute atomic E-state index is 12.2. The molecule has 1 aromatic carbocycles. The first-order valence-corrected chi connectivity index (χ1v) is 7.46. The van der Waals surface area contributed by atoms with Crippen molar-refractivity contribution in [1.29, 1.82) is 5.26 Å². The number of nitrogens with one attached hydrogen (secondary N) is 2. The van der Waals surface area contributed by atoms with E-state index in [0.717, 1.165) is 32.4 Å². The Balaban J connectivity index is 1.87. The maximum atomic E-state index is 12.2. The Morgan fingerprint density at radius 2 is 2.00 bits per heavy atom. The van der Waals surface area contributed by atoms with Crippen molar-refractivity contribution in [3.8, 4) is 6.07 Å². The van der Waals surface area contributed by atoms with Crippen LogP contribution in [-0.4, -0.2) is 36.0 Å². The van der Waals surface area contributed by atoms with Crippen LogP contribution in [0.25, 0.3) is 0 Å². The number of nitrogens with zero attached hydrogens (tertiary/aromatic N) is 2. The number of hydrogen-bond donors (Lipinski definition) is 2. The lowest BCUT2D eigenvalue weighted by Gasteiger charge is -2.29. The van der Waals surface area contributed by atoms with Gasteiger partial charge in [0.2, 0.25) is 5.91 Å². The topological polar surface area (TPSA) is 85.2 Å². The van der Waals surface area contributed by atoms with Crippen molar-refractivity contribution < 1.29 is 9.59 Å². The molecule has 1 aliphatic heterocycles. The van der Waals surface area contributed by atoms with E-state index in [-0.39, 0.29) is 5.91 Å². The summed E-state index contributed by atoms with van der Waals surface area (Å²) >= 11 is 0. The van der Waals surface area contributed by atoms with E-state index in [4.69, 9.17) is 5.26 Å². The molecule has 0 unspecified atom stereocenters. The fourth-order valence-corrected chi connectivity index (χ4v) is 2.48. The number of carbonyl (C=O) groups excluding carboxylic acids is 2. The number of likely N-dealkylation sites (tertiary alicyclic amines) is 1. The second kappa shape index (κ2) is 7.46. The number of rotatable bonds is 3. The zero-order chi connectivity index (χ0) is 15.9. The Hall–Kier alpha value is -2.55. The average Bonchev–Trinajstić information content (AvgIpc) is 2.55. The third kappa shape index (κ3) is 4.22. The zero-order valence-corrected chi connectivity index (χ0v) is 12.6. The summed E-state index contributed by atoms with van der Waals surface area (Å²) in [5, 5.41) is 14.1. The monoisotopic (exact) mass is 300 g/mol. The molecule has 1 aromatic rings. The van der Waals surface area contributed by atoms with Gasteiger partial charge in [-0.3, -0.25) is 4.79 Å². The van der Waals surface area contributed by atoms with Crippen LogP contribution >= 0.6 is 0 Å². The van der Waals surface area contributed by atoms with E-state index in [1.54, 1.807) is 36.1 Å². The molecule has 1 saturated heterocycles. The van der Waals surface area contributed by atoms with Gasteiger partial charge in [-0.15, -0.1) is 0 Å². The number of carbonyl (C=O) groups is 2. The number of hydrogen-bond acceptors (Lipinski definition) is 3. The van der Waals surface area contributed by atoms with Gasteiger partial charge in [0.1, 0.15) is 6.04 Å². The Kier molecular flexibility index (Phi) is 5.37. The van der Waals surface area contributed by atoms with Gasteiger partial charge in [-0.25, -0.2) is 4.79 Å². The smallest absolute Gasteiger partial charge is 0.319 e. The van der Waals surface area contributed by atoms with Crippen molar-refractivity contribution >= 4 is 17.6 Å². The molecule has 0 radical (unpaired) electrons. The molecule has 0 spiro atoms. The molecule has 6 heteroatoms. The summed E-state index contributed by atoms with van der Waals surface area (Å²) in [5.41, 5.74) is 0.990. The molecule has 2 rings (SSSR count). The lowest BCUT2D eigenvalue weighted by molar-refractivity contribution is -0.133. The molecule has 6 nitrogen and oxygen atoms in total. The molecule has 22 heavy (non-hydrogen) atoms. The summed E-state index contributed by atoms with van der Waals surface area (Å²) in [6.45, 7) is 3.20. The second-order valence-electron chi connectivity index (χ2n) is 5.40. The predicted molar refractivity (Wildman–Crippen MR) is 83.2 cm³/mol. The highest BCUT2D eigenvalue weighted by Gasteiger charge is 2.23. The summed E-state index contributed by atoms with van der Waals surface area (Å²) in [4.78, 5) is 26.0. The van der Waals surface area contributed by atoms with Crippen molar-refractivity contribution in [2.45, 2.75) is 32.2 Å². The molecule has 0 bridgehead atoms. The van der Waals surface area contributed by atoms with Gasteiger partial charge in [-0.2, -0.15) is 5.26 Å². The van der Waals surface area contributed by atoms with Crippen molar-refractivity contribution in [3.05, 3.63) is 29.8 Å². The summed E-state index contributed by atoms with van der Waals surface area (Å²) in [6.07, 6.45) is 3.19. The van der Waals surface area contributed by atoms with E-state index in [2.05, 4.69) is 10.6 Å². The molecule has 3 amide bonds. The van der Waals surface area contributed by atoms with Crippen LogP contribution in [-0.2, 0) is 4.79 Å². The standard InChI is InChI=1S/C16H20N4O2/c1-12(15(21)20-8-3-2-4-9-20)18-16(22)19-14-7-5-6-13(10-14)11-17/h5-7,10,12H,2-4,8-9H2,1H3,(H2,18,19,22)/t12-/m1/s1. The highest BCUT2D eigenvalue weighted by Crippen LogP contribution is 2.11. The minimum atomic E-state index is -0.572. The van der Waals surface area contributed by atoms with Gasteiger partial charge in [0.05, 0.1) is 11.6 Å². The van der Waals surface area contributed by atoms with Crippen LogP contribution in [0, 0.1) is 11.3 Å². The molecule has 1 aliphatic rings.